The van der Waals surface area contributed by atoms with E-state index in [0.29, 0.717) is 5.56 Å². The molecule has 4 nitrogen and oxygen atoms in total. The number of benzene rings is 3. The van der Waals surface area contributed by atoms with Gasteiger partial charge in [-0.05, 0) is 29.3 Å². The molecule has 3 aromatic rings. The highest BCUT2D eigenvalue weighted by molar-refractivity contribution is 5.88. The van der Waals surface area contributed by atoms with Gasteiger partial charge in [0.1, 0.15) is 5.75 Å². The van der Waals surface area contributed by atoms with Crippen LogP contribution in [0, 0.1) is 17.0 Å². The first kappa shape index (κ1) is 15.0. The topological polar surface area (TPSA) is 63.4 Å². The Morgan fingerprint density at radius 2 is 1.87 bits per heavy atom. The number of rotatable bonds is 4. The fourth-order valence-electron chi connectivity index (χ4n) is 3.05. The monoisotopic (exact) mass is 307 g/mol. The number of phenolic OH excluding ortho intramolecular Hbond substituents is 1. The van der Waals surface area contributed by atoms with Crippen LogP contribution in [0.1, 0.15) is 22.6 Å². The van der Waals surface area contributed by atoms with Gasteiger partial charge in [-0.15, -0.1) is 0 Å². The Morgan fingerprint density at radius 3 is 2.61 bits per heavy atom. The van der Waals surface area contributed by atoms with E-state index in [9.17, 15) is 15.2 Å². The van der Waals surface area contributed by atoms with E-state index in [1.807, 2.05) is 61.5 Å². The number of nitrogens with zero attached hydrogens (tertiary/aromatic N) is 1. The van der Waals surface area contributed by atoms with Crippen LogP contribution in [0.2, 0.25) is 0 Å². The quantitative estimate of drug-likeness (QED) is 0.578. The molecule has 0 aliphatic heterocycles. The fraction of sp³-hybridized carbons (Fsp3) is 0.158. The summed E-state index contributed by atoms with van der Waals surface area (Å²) in [5.41, 5.74) is 2.49. The smallest absolute Gasteiger partial charge is 0.214 e. The third-order valence-corrected chi connectivity index (χ3v) is 4.07. The third kappa shape index (κ3) is 3.01. The maximum atomic E-state index is 11.2. The number of fused-ring (bicyclic) bond motifs is 1. The lowest BCUT2D eigenvalue weighted by Crippen LogP contribution is -2.14. The predicted octanol–water partition coefficient (Wildman–Crippen LogP) is 4.26. The summed E-state index contributed by atoms with van der Waals surface area (Å²) in [6.45, 7) is 1.70. The van der Waals surface area contributed by atoms with Crippen molar-refractivity contribution in [3.63, 3.8) is 0 Å². The van der Waals surface area contributed by atoms with E-state index in [1.54, 1.807) is 6.07 Å². The van der Waals surface area contributed by atoms with Crippen molar-refractivity contribution in [3.8, 4) is 5.75 Å². The van der Waals surface area contributed by atoms with E-state index in [-0.39, 0.29) is 17.2 Å². The van der Waals surface area contributed by atoms with Crippen LogP contribution in [0.25, 0.3) is 10.8 Å². The lowest BCUT2D eigenvalue weighted by atomic mass is 9.86. The van der Waals surface area contributed by atoms with Crippen LogP contribution in [0.4, 0.5) is 0 Å². The third-order valence-electron chi connectivity index (χ3n) is 4.07. The summed E-state index contributed by atoms with van der Waals surface area (Å²) in [5, 5.41) is 23.4. The summed E-state index contributed by atoms with van der Waals surface area (Å²) in [6.07, 6.45) is 0. The van der Waals surface area contributed by atoms with Gasteiger partial charge in [-0.25, -0.2) is 0 Å². The average Bonchev–Trinajstić information content (AvgIpc) is 2.53. The zero-order chi connectivity index (χ0) is 16.4. The lowest BCUT2D eigenvalue weighted by molar-refractivity contribution is -0.481. The summed E-state index contributed by atoms with van der Waals surface area (Å²) in [7, 11) is 0. The highest BCUT2D eigenvalue weighted by atomic mass is 16.6. The van der Waals surface area contributed by atoms with E-state index in [0.717, 1.165) is 21.9 Å². The van der Waals surface area contributed by atoms with Crippen LogP contribution < -0.4 is 0 Å². The summed E-state index contributed by atoms with van der Waals surface area (Å²) in [5.74, 6) is -0.395. The molecule has 0 radical (unpaired) electrons. The number of phenols is 1. The number of hydrogen-bond donors (Lipinski definition) is 1. The summed E-state index contributed by atoms with van der Waals surface area (Å²) >= 11 is 0. The Bertz CT molecular complexity index is 873. The molecule has 0 saturated carbocycles. The van der Waals surface area contributed by atoms with Gasteiger partial charge in [0.05, 0.1) is 5.92 Å². The normalized spacial score (nSPS) is 12.2. The molecule has 116 valence electrons. The molecule has 0 bridgehead atoms. The summed E-state index contributed by atoms with van der Waals surface area (Å²) in [6, 6.07) is 18.7. The molecule has 0 amide bonds. The van der Waals surface area contributed by atoms with Crippen molar-refractivity contribution in [1.29, 1.82) is 0 Å². The number of aromatic hydroxyl groups is 1. The molecule has 1 N–H and O–H groups in total. The maximum absolute atomic E-state index is 11.2. The minimum atomic E-state index is -0.490. The van der Waals surface area contributed by atoms with Crippen molar-refractivity contribution >= 4 is 10.8 Å². The van der Waals surface area contributed by atoms with Gasteiger partial charge < -0.3 is 5.11 Å². The lowest BCUT2D eigenvalue weighted by Gasteiger charge is -2.18. The minimum absolute atomic E-state index is 0.0945. The van der Waals surface area contributed by atoms with Gasteiger partial charge in [-0.3, -0.25) is 10.1 Å². The molecular formula is C19H17NO3. The summed E-state index contributed by atoms with van der Waals surface area (Å²) < 4.78 is 0. The molecule has 3 rings (SSSR count). The number of nitro groups is 1. The highest BCUT2D eigenvalue weighted by Gasteiger charge is 2.25. The Hall–Kier alpha value is -2.88. The zero-order valence-corrected chi connectivity index (χ0v) is 12.8. The van der Waals surface area contributed by atoms with Crippen molar-refractivity contribution in [2.75, 3.05) is 6.54 Å². The van der Waals surface area contributed by atoms with Crippen molar-refractivity contribution in [2.24, 2.45) is 0 Å². The average molecular weight is 307 g/mol. The van der Waals surface area contributed by atoms with Crippen molar-refractivity contribution in [3.05, 3.63) is 87.5 Å². The Labute approximate surface area is 134 Å². The van der Waals surface area contributed by atoms with Crippen LogP contribution >= 0.6 is 0 Å². The zero-order valence-electron chi connectivity index (χ0n) is 12.8. The van der Waals surface area contributed by atoms with Crippen LogP contribution in [0.15, 0.2) is 60.7 Å². The van der Waals surface area contributed by atoms with Crippen molar-refractivity contribution < 1.29 is 10.0 Å². The van der Waals surface area contributed by atoms with Gasteiger partial charge in [0.2, 0.25) is 6.54 Å². The van der Waals surface area contributed by atoms with Gasteiger partial charge >= 0.3 is 0 Å². The second kappa shape index (κ2) is 6.08. The van der Waals surface area contributed by atoms with Crippen molar-refractivity contribution in [1.82, 2.24) is 0 Å². The summed E-state index contributed by atoms with van der Waals surface area (Å²) in [4.78, 5) is 10.9. The van der Waals surface area contributed by atoms with Crippen molar-refractivity contribution in [2.45, 2.75) is 12.8 Å². The molecule has 0 fully saturated rings. The number of aryl methyl sites for hydroxylation is 1. The van der Waals surface area contributed by atoms with Gasteiger partial charge in [0, 0.05) is 10.5 Å². The highest BCUT2D eigenvalue weighted by Crippen LogP contribution is 2.37. The second-order valence-electron chi connectivity index (χ2n) is 5.70. The van der Waals surface area contributed by atoms with Gasteiger partial charge in [0.15, 0.2) is 0 Å². The number of hydrogen-bond acceptors (Lipinski definition) is 3. The van der Waals surface area contributed by atoms with E-state index in [2.05, 4.69) is 0 Å². The molecule has 0 aliphatic carbocycles. The molecule has 23 heavy (non-hydrogen) atoms. The first-order chi connectivity index (χ1) is 11.1. The molecular weight excluding hydrogens is 290 g/mol. The molecule has 3 aromatic carbocycles. The second-order valence-corrected chi connectivity index (χ2v) is 5.70. The molecule has 0 aliphatic rings. The molecule has 1 atom stereocenters. The van der Waals surface area contributed by atoms with Gasteiger partial charge in [0.25, 0.3) is 0 Å². The molecule has 4 heteroatoms. The standard InChI is InChI=1S/C19H17NO3/c1-13-5-4-7-15(11-13)17(12-20(22)23)19-16-8-3-2-6-14(16)9-10-18(19)21/h2-11,17,21H,12H2,1H3/t17-/m0/s1. The van der Waals surface area contributed by atoms with E-state index in [4.69, 9.17) is 0 Å². The molecule has 0 unspecified atom stereocenters. The van der Waals surface area contributed by atoms with Gasteiger partial charge in [-0.2, -0.15) is 0 Å². The van der Waals surface area contributed by atoms with E-state index < -0.39 is 5.92 Å². The predicted molar refractivity (Wildman–Crippen MR) is 90.5 cm³/mol. The van der Waals surface area contributed by atoms with Crippen LogP contribution in [-0.4, -0.2) is 16.6 Å². The minimum Gasteiger partial charge on any atom is -0.508 e. The van der Waals surface area contributed by atoms with Crippen LogP contribution in [-0.2, 0) is 0 Å². The molecule has 0 aromatic heterocycles. The first-order valence-corrected chi connectivity index (χ1v) is 7.45. The fourth-order valence-corrected chi connectivity index (χ4v) is 3.05. The van der Waals surface area contributed by atoms with E-state index in [1.165, 1.54) is 0 Å². The van der Waals surface area contributed by atoms with E-state index >= 15 is 0 Å². The first-order valence-electron chi connectivity index (χ1n) is 7.45. The SMILES string of the molecule is Cc1cccc([C@H](C[N+](=O)[O-])c2c(O)ccc3ccccc23)c1. The van der Waals surface area contributed by atoms with Crippen LogP contribution in [0.3, 0.4) is 0 Å². The molecule has 0 heterocycles. The largest absolute Gasteiger partial charge is 0.508 e. The Balaban J connectivity index is 2.25. The maximum Gasteiger partial charge on any atom is 0.214 e. The van der Waals surface area contributed by atoms with Gasteiger partial charge in [-0.1, -0.05) is 60.2 Å². The Kier molecular flexibility index (Phi) is 3.98. The van der Waals surface area contributed by atoms with Crippen LogP contribution in [0.5, 0.6) is 5.75 Å². The molecule has 0 spiro atoms. The Morgan fingerprint density at radius 1 is 1.09 bits per heavy atom. The molecule has 0 saturated heterocycles.